The van der Waals surface area contributed by atoms with Crippen molar-refractivity contribution in [2.45, 2.75) is 154 Å². The van der Waals surface area contributed by atoms with Gasteiger partial charge in [-0.15, -0.1) is 0 Å². The maximum atomic E-state index is 12.2. The van der Waals surface area contributed by atoms with Crippen LogP contribution in [0.1, 0.15) is 117 Å². The van der Waals surface area contributed by atoms with E-state index in [-0.39, 0.29) is 53.2 Å². The number of rotatable bonds is 24. The lowest BCUT2D eigenvalue weighted by molar-refractivity contribution is -0.385. The van der Waals surface area contributed by atoms with Crippen molar-refractivity contribution in [3.8, 4) is 23.0 Å². The summed E-state index contributed by atoms with van der Waals surface area (Å²) in [4.78, 5) is 82.5. The second-order valence-corrected chi connectivity index (χ2v) is 25.1. The molecule has 7 aromatic heterocycles. The molecule has 0 unspecified atom stereocenters. The molecule has 4 saturated carbocycles. The molecule has 524 valence electrons. The predicted octanol–water partition coefficient (Wildman–Crippen LogP) is 11.7. The standard InChI is InChI=1S/C21H23F2N5O3.C17H18F2N4O3.C17H20F2N4O.C11H15F2N3O/c1-27-12-19(29)28(21(27)30)16-5-4-15(24-9-16)7-13-2-3-14(6-13)8-18-25-10-17(11-26-18)31-20(22)23;18-17(19)26-15-9-21-16(22-10-15)7-12-2-1-11(5-12)6-13-3-4-14(8-20-13)23(24)25;18-17(19)24-15-9-22-16(23-10-15)7-12-2-1-11(5-12)6-14-4-3-13(20)8-21-14;12-11(13)17-9-5-15-10(16-6-9)4-7-1-2-8(14)3-7/h4-5,9-11,13-14,20H,2-3,6-8,12H2,1H3;3-4,8-12,17H,1-2,5-7H2;3-4,8-12,17H,1-2,5-7,20H2;5-8,11H,1-4,14H2/t13-,14-;2*11-,12-;7-,8-/m0000/s1. The highest BCUT2D eigenvalue weighted by atomic mass is 19.3. The first-order valence-electron chi connectivity index (χ1n) is 32.2. The number of pyridine rings is 3. The van der Waals surface area contributed by atoms with Crippen molar-refractivity contribution in [1.29, 1.82) is 0 Å². The smallest absolute Gasteiger partial charge is 0.387 e. The summed E-state index contributed by atoms with van der Waals surface area (Å²) in [5.74, 6) is 5.66. The minimum Gasteiger partial charge on any atom is -0.432 e. The molecule has 5 fully saturated rings. The highest BCUT2D eigenvalue weighted by molar-refractivity contribution is 6.19. The van der Waals surface area contributed by atoms with E-state index in [1.165, 1.54) is 66.7 Å². The van der Waals surface area contributed by atoms with Crippen LogP contribution in [-0.4, -0.2) is 123 Å². The molecule has 12 rings (SSSR count). The summed E-state index contributed by atoms with van der Waals surface area (Å²) >= 11 is 0. The lowest BCUT2D eigenvalue weighted by Crippen LogP contribution is -2.31. The van der Waals surface area contributed by atoms with Gasteiger partial charge in [-0.05, 0) is 168 Å². The number of carbonyl (C=O) groups is 2. The van der Waals surface area contributed by atoms with E-state index in [1.54, 1.807) is 31.6 Å². The van der Waals surface area contributed by atoms with E-state index >= 15 is 0 Å². The van der Waals surface area contributed by atoms with Crippen LogP contribution in [-0.2, 0) is 49.7 Å². The number of nitrogens with zero attached hydrogens (tertiary/aromatic N) is 14. The topological polar surface area (TPSA) is 315 Å². The predicted molar refractivity (Wildman–Crippen MR) is 338 cm³/mol. The molecule has 4 aliphatic carbocycles. The molecule has 7 aromatic rings. The van der Waals surface area contributed by atoms with Gasteiger partial charge < -0.3 is 35.3 Å². The van der Waals surface area contributed by atoms with Crippen molar-refractivity contribution < 1.29 is 68.6 Å². The zero-order valence-electron chi connectivity index (χ0n) is 53.6. The van der Waals surface area contributed by atoms with Gasteiger partial charge in [0.2, 0.25) is 0 Å². The number of nitrogens with two attached hydrogens (primary N) is 2. The third kappa shape index (κ3) is 23.4. The quantitative estimate of drug-likeness (QED) is 0.0246. The highest BCUT2D eigenvalue weighted by Gasteiger charge is 2.36. The van der Waals surface area contributed by atoms with Crippen molar-refractivity contribution in [2.75, 3.05) is 24.2 Å². The van der Waals surface area contributed by atoms with E-state index < -0.39 is 31.4 Å². The summed E-state index contributed by atoms with van der Waals surface area (Å²) in [6.45, 7) is -11.4. The Bertz CT molecular complexity index is 3610. The lowest BCUT2D eigenvalue weighted by atomic mass is 9.97. The maximum Gasteiger partial charge on any atom is 0.387 e. The third-order valence-electron chi connectivity index (χ3n) is 17.6. The van der Waals surface area contributed by atoms with Gasteiger partial charge in [-0.25, -0.2) is 49.6 Å². The molecule has 0 radical (unpaired) electrons. The number of ether oxygens (including phenoxy) is 4. The van der Waals surface area contributed by atoms with E-state index in [1.807, 2.05) is 18.2 Å². The van der Waals surface area contributed by atoms with E-state index in [2.05, 4.69) is 73.8 Å². The fourth-order valence-corrected chi connectivity index (χ4v) is 13.1. The fraction of sp³-hybridized carbons (Fsp3) is 0.500. The number of nitrogen functional groups attached to an aromatic ring is 1. The molecular formula is C66H76F8N16O8. The Hall–Kier alpha value is -9.49. The van der Waals surface area contributed by atoms with Gasteiger partial charge in [-0.3, -0.25) is 29.9 Å². The van der Waals surface area contributed by atoms with Crippen molar-refractivity contribution in [3.63, 3.8) is 0 Å². The van der Waals surface area contributed by atoms with Gasteiger partial charge in [-0.2, -0.15) is 35.1 Å². The first-order chi connectivity index (χ1) is 47.1. The van der Waals surface area contributed by atoms with Crippen LogP contribution >= 0.6 is 0 Å². The molecule has 8 heterocycles. The molecule has 0 aromatic carbocycles. The maximum absolute atomic E-state index is 12.2. The summed E-state index contributed by atoms with van der Waals surface area (Å²) in [6.07, 6.45) is 33.0. The number of alkyl halides is 8. The molecular weight excluding hydrogens is 1300 g/mol. The van der Waals surface area contributed by atoms with Gasteiger partial charge in [-0.1, -0.05) is 0 Å². The Balaban J connectivity index is 0.000000156. The minimum atomic E-state index is -2.88. The van der Waals surface area contributed by atoms with Gasteiger partial charge in [0, 0.05) is 61.9 Å². The Morgan fingerprint density at radius 3 is 1.05 bits per heavy atom. The molecule has 0 bridgehead atoms. The molecule has 0 spiro atoms. The number of hydrogen-bond acceptors (Lipinski definition) is 21. The third-order valence-corrected chi connectivity index (χ3v) is 17.6. The summed E-state index contributed by atoms with van der Waals surface area (Å²) in [5.41, 5.74) is 15.5. The molecule has 1 aliphatic heterocycles. The molecule has 24 nitrogen and oxygen atoms in total. The number of hydrogen-bond donors (Lipinski definition) is 2. The molecule has 3 amide bonds. The molecule has 8 atom stereocenters. The first-order valence-corrected chi connectivity index (χ1v) is 32.2. The summed E-state index contributed by atoms with van der Waals surface area (Å²) in [5, 5.41) is 10.7. The van der Waals surface area contributed by atoms with Crippen LogP contribution in [0.25, 0.3) is 0 Å². The number of urea groups is 1. The van der Waals surface area contributed by atoms with Crippen molar-refractivity contribution in [2.24, 2.45) is 47.2 Å². The van der Waals surface area contributed by atoms with Gasteiger partial charge in [0.1, 0.15) is 36.0 Å². The number of carbonyl (C=O) groups excluding carboxylic acids is 2. The number of nitro groups is 1. The average Bonchev–Trinajstić information content (AvgIpc) is 1.66. The zero-order valence-corrected chi connectivity index (χ0v) is 53.6. The number of likely N-dealkylation sites (N-methyl/N-ethyl adjacent to an activating group) is 1. The Morgan fingerprint density at radius 1 is 0.449 bits per heavy atom. The minimum absolute atomic E-state index is 0.00512. The molecule has 98 heavy (non-hydrogen) atoms. The van der Waals surface area contributed by atoms with Crippen LogP contribution in [0.3, 0.4) is 0 Å². The van der Waals surface area contributed by atoms with Crippen LogP contribution in [0.2, 0.25) is 0 Å². The fourth-order valence-electron chi connectivity index (χ4n) is 13.1. The van der Waals surface area contributed by atoms with Crippen molar-refractivity contribution in [1.82, 2.24) is 59.7 Å². The second-order valence-electron chi connectivity index (χ2n) is 25.1. The average molecular weight is 1370 g/mol. The van der Waals surface area contributed by atoms with Crippen LogP contribution in [0, 0.1) is 51.5 Å². The summed E-state index contributed by atoms with van der Waals surface area (Å²) in [6, 6.07) is 10.6. The van der Waals surface area contributed by atoms with Gasteiger partial charge >= 0.3 is 32.5 Å². The van der Waals surface area contributed by atoms with Crippen LogP contribution in [0.15, 0.2) is 105 Å². The molecule has 5 aliphatic rings. The van der Waals surface area contributed by atoms with E-state index in [9.17, 15) is 54.8 Å². The lowest BCUT2D eigenvalue weighted by Gasteiger charge is -2.15. The number of aromatic nitrogens is 11. The van der Waals surface area contributed by atoms with Gasteiger partial charge in [0.25, 0.3) is 11.6 Å². The number of amides is 3. The number of anilines is 2. The Morgan fingerprint density at radius 2 is 0.776 bits per heavy atom. The Kier molecular flexibility index (Phi) is 26.5. The largest absolute Gasteiger partial charge is 0.432 e. The SMILES string of the molecule is CN1CC(=O)N(c2ccc(C[C@H]3CC[C@H](Cc4ncc(OC(F)F)cn4)C3)nc2)C1=O.N[C@H]1CC[C@H](Cc2ncc(OC(F)F)cn2)C1.Nc1ccc(C[C@H]2CC[C@H](Cc3ncc(OC(F)F)cn3)C2)nc1.O=[N+]([O-])c1ccc(C[C@H]2CC[C@H](Cc3ncc(OC(F)F)cn3)C2)nc1. The monoisotopic (exact) mass is 1370 g/mol. The first kappa shape index (κ1) is 72.8. The normalized spacial score (nSPS) is 21.2. The number of halogens is 8. The molecule has 32 heteroatoms. The van der Waals surface area contributed by atoms with Crippen molar-refractivity contribution >= 4 is 29.0 Å². The molecule has 1 saturated heterocycles. The van der Waals surface area contributed by atoms with E-state index in [0.29, 0.717) is 88.9 Å². The summed E-state index contributed by atoms with van der Waals surface area (Å²) < 4.78 is 114. The Labute approximate surface area is 559 Å². The zero-order chi connectivity index (χ0) is 69.7. The number of imide groups is 1. The van der Waals surface area contributed by atoms with Crippen LogP contribution in [0.4, 0.5) is 57.0 Å². The van der Waals surface area contributed by atoms with Gasteiger partial charge in [0.05, 0.1) is 78.3 Å². The van der Waals surface area contributed by atoms with E-state index in [0.717, 1.165) is 131 Å². The highest BCUT2D eigenvalue weighted by Crippen LogP contribution is 2.38. The van der Waals surface area contributed by atoms with E-state index in [4.69, 9.17) is 11.5 Å². The van der Waals surface area contributed by atoms with Crippen LogP contribution < -0.4 is 35.3 Å². The molecule has 4 N–H and O–H groups in total. The van der Waals surface area contributed by atoms with Crippen molar-refractivity contribution in [3.05, 3.63) is 155 Å². The van der Waals surface area contributed by atoms with Gasteiger partial charge in [0.15, 0.2) is 23.0 Å². The van der Waals surface area contributed by atoms with Crippen LogP contribution in [0.5, 0.6) is 23.0 Å². The summed E-state index contributed by atoms with van der Waals surface area (Å²) in [7, 11) is 1.59. The second kappa shape index (κ2) is 35.7.